The number of hydrogen-bond acceptors (Lipinski definition) is 7. The zero-order chi connectivity index (χ0) is 18.3. The molecule has 1 aliphatic carbocycles. The van der Waals surface area contributed by atoms with E-state index in [0.29, 0.717) is 6.07 Å². The van der Waals surface area contributed by atoms with Crippen LogP contribution in [0.5, 0.6) is 0 Å². The van der Waals surface area contributed by atoms with Gasteiger partial charge >= 0.3 is 59.1 Å². The second-order valence-electron chi connectivity index (χ2n) is 4.90. The summed E-state index contributed by atoms with van der Waals surface area (Å²) in [5.74, 6) is -1.18. The predicted molar refractivity (Wildman–Crippen MR) is 83.9 cm³/mol. The Morgan fingerprint density at radius 1 is 1.08 bits per heavy atom. The van der Waals surface area contributed by atoms with Gasteiger partial charge in [-0.1, -0.05) is 35.4 Å². The Morgan fingerprint density at radius 2 is 1.65 bits per heavy atom. The molecule has 0 amide bonds. The van der Waals surface area contributed by atoms with E-state index in [2.05, 4.69) is 0 Å². The maximum atomic E-state index is 12.6. The van der Waals surface area contributed by atoms with Gasteiger partial charge in [-0.15, -0.1) is 0 Å². The summed E-state index contributed by atoms with van der Waals surface area (Å²) in [6.07, 6.45) is 2.59. The number of Topliss-reactive ketones (excluding diaryl/α,β-unsaturated/α-hetero) is 1. The Hall–Kier alpha value is 0.770. The van der Waals surface area contributed by atoms with Crippen LogP contribution in [0.2, 0.25) is 5.02 Å². The molecule has 0 fully saturated rings. The molecule has 0 heterocycles. The van der Waals surface area contributed by atoms with Crippen molar-refractivity contribution in [1.82, 2.24) is 0 Å². The van der Waals surface area contributed by atoms with E-state index < -0.39 is 52.7 Å². The number of hydrogen-bond donors (Lipinski definition) is 0. The first-order valence-corrected chi connectivity index (χ1v) is 9.76. The van der Waals surface area contributed by atoms with E-state index in [1.165, 1.54) is 6.08 Å². The molecule has 0 N–H and O–H groups in total. The topological polar surface area (TPSA) is 131 Å². The van der Waals surface area contributed by atoms with Gasteiger partial charge in [-0.05, 0) is 30.7 Å². The zero-order valence-electron chi connectivity index (χ0n) is 13.6. The normalized spacial score (nSPS) is 19.8. The Bertz CT molecular complexity index is 988. The van der Waals surface area contributed by atoms with Gasteiger partial charge < -0.3 is 9.11 Å². The molecular formula is C13H8Cl2Na2O7S2. The molecule has 2 rings (SSSR count). The van der Waals surface area contributed by atoms with Crippen molar-refractivity contribution in [2.75, 3.05) is 0 Å². The van der Waals surface area contributed by atoms with Crippen LogP contribution < -0.4 is 59.1 Å². The van der Waals surface area contributed by atoms with Gasteiger partial charge in [-0.2, -0.15) is 0 Å². The summed E-state index contributed by atoms with van der Waals surface area (Å²) in [4.78, 5) is 11.7. The first kappa shape index (κ1) is 26.8. The van der Waals surface area contributed by atoms with E-state index >= 15 is 0 Å². The van der Waals surface area contributed by atoms with Gasteiger partial charge in [0.05, 0.1) is 9.92 Å². The number of ketones is 1. The summed E-state index contributed by atoms with van der Waals surface area (Å²) in [5.41, 5.74) is -0.454. The van der Waals surface area contributed by atoms with Crippen LogP contribution in [0.4, 0.5) is 0 Å². The molecule has 1 atom stereocenters. The number of benzene rings is 1. The molecule has 13 heteroatoms. The molecule has 1 aromatic rings. The van der Waals surface area contributed by atoms with Crippen LogP contribution in [0.25, 0.3) is 0 Å². The smallest absolute Gasteiger partial charge is 0.747 e. The summed E-state index contributed by atoms with van der Waals surface area (Å²) in [6.45, 7) is 0. The maximum absolute atomic E-state index is 12.6. The van der Waals surface area contributed by atoms with Gasteiger partial charge in [-0.3, -0.25) is 4.79 Å². The molecular weight excluding hydrogens is 449 g/mol. The summed E-state index contributed by atoms with van der Waals surface area (Å²) in [5, 5.41) is -0.288. The van der Waals surface area contributed by atoms with E-state index in [0.717, 1.165) is 24.3 Å². The van der Waals surface area contributed by atoms with Crippen molar-refractivity contribution in [3.63, 3.8) is 0 Å². The second kappa shape index (κ2) is 9.51. The minimum atomic E-state index is -5.17. The third kappa shape index (κ3) is 5.43. The summed E-state index contributed by atoms with van der Waals surface area (Å²) < 4.78 is 66.0. The van der Waals surface area contributed by atoms with Crippen LogP contribution >= 0.6 is 23.2 Å². The predicted octanol–water partition coefficient (Wildman–Crippen LogP) is -4.20. The van der Waals surface area contributed by atoms with Crippen molar-refractivity contribution in [3.8, 4) is 0 Å². The molecule has 0 spiro atoms. The standard InChI is InChI=1S/C13H10Cl2O7S2.2Na/c14-9-3-5-13(6-4-9,24(20,21)22)12(16)8-1-2-10(15)11(7-8)23(17,18)19;;/h1-5,7H,6H2,(H,17,18,19)(H,20,21,22);;/q;2*+1/p-2. The van der Waals surface area contributed by atoms with Gasteiger partial charge in [0.15, 0.2) is 5.78 Å². The quantitative estimate of drug-likeness (QED) is 0.255. The van der Waals surface area contributed by atoms with Crippen LogP contribution in [0.3, 0.4) is 0 Å². The molecule has 130 valence electrons. The Balaban J connectivity index is 0.00000312. The van der Waals surface area contributed by atoms with E-state index in [9.17, 15) is 30.7 Å². The van der Waals surface area contributed by atoms with Crippen LogP contribution in [-0.4, -0.2) is 36.5 Å². The number of allylic oxidation sites excluding steroid dienone is 3. The van der Waals surface area contributed by atoms with Crippen LogP contribution in [-0.2, 0) is 20.2 Å². The fraction of sp³-hybridized carbons (Fsp3) is 0.154. The Morgan fingerprint density at radius 3 is 2.08 bits per heavy atom. The zero-order valence-corrected chi connectivity index (χ0v) is 20.7. The van der Waals surface area contributed by atoms with E-state index in [4.69, 9.17) is 23.2 Å². The Labute approximate surface area is 204 Å². The van der Waals surface area contributed by atoms with Crippen molar-refractivity contribution in [2.45, 2.75) is 16.1 Å². The van der Waals surface area contributed by atoms with Gasteiger partial charge in [0.1, 0.15) is 25.0 Å². The van der Waals surface area contributed by atoms with Crippen molar-refractivity contribution in [3.05, 3.63) is 52.0 Å². The summed E-state index contributed by atoms with van der Waals surface area (Å²) in [7, 11) is -10.2. The maximum Gasteiger partial charge on any atom is 1.00 e. The van der Waals surface area contributed by atoms with Crippen molar-refractivity contribution in [1.29, 1.82) is 0 Å². The van der Waals surface area contributed by atoms with Gasteiger partial charge in [0.2, 0.25) is 0 Å². The van der Waals surface area contributed by atoms with E-state index in [-0.39, 0.29) is 64.1 Å². The van der Waals surface area contributed by atoms with Crippen LogP contribution in [0.15, 0.2) is 46.4 Å². The fourth-order valence-corrected chi connectivity index (χ4v) is 4.13. The number of rotatable bonds is 4. The first-order valence-electron chi connectivity index (χ1n) is 6.19. The van der Waals surface area contributed by atoms with Crippen molar-refractivity contribution < 1.29 is 89.9 Å². The molecule has 1 aliphatic rings. The number of halogens is 2. The van der Waals surface area contributed by atoms with E-state index in [1.807, 2.05) is 0 Å². The number of carbonyl (C=O) groups excluding carboxylic acids is 1. The molecule has 0 saturated carbocycles. The van der Waals surface area contributed by atoms with Crippen LogP contribution in [0.1, 0.15) is 16.8 Å². The average Bonchev–Trinajstić information content (AvgIpc) is 2.45. The number of carbonyl (C=O) groups is 1. The third-order valence-electron chi connectivity index (χ3n) is 3.41. The molecule has 0 saturated heterocycles. The summed E-state index contributed by atoms with van der Waals surface area (Å²) >= 11 is 11.3. The van der Waals surface area contributed by atoms with Crippen LogP contribution in [0, 0.1) is 0 Å². The average molecular weight is 457 g/mol. The van der Waals surface area contributed by atoms with Gasteiger partial charge in [-0.25, -0.2) is 16.8 Å². The second-order valence-corrected chi connectivity index (χ2v) is 8.73. The molecule has 0 aliphatic heterocycles. The minimum absolute atomic E-state index is 0. The molecule has 0 aromatic heterocycles. The van der Waals surface area contributed by atoms with Crippen molar-refractivity contribution in [2.24, 2.45) is 0 Å². The van der Waals surface area contributed by atoms with E-state index in [1.54, 1.807) is 0 Å². The third-order valence-corrected chi connectivity index (χ3v) is 6.38. The largest absolute Gasteiger partial charge is 1.00 e. The van der Waals surface area contributed by atoms with Crippen molar-refractivity contribution >= 4 is 49.2 Å². The monoisotopic (exact) mass is 456 g/mol. The Kier molecular flexibility index (Phi) is 9.79. The minimum Gasteiger partial charge on any atom is -0.747 e. The van der Waals surface area contributed by atoms with Gasteiger partial charge in [0.25, 0.3) is 0 Å². The molecule has 26 heavy (non-hydrogen) atoms. The SMILES string of the molecule is O=C(c1ccc(Cl)c(S(=O)(=O)[O-])c1)C1(S(=O)(=O)[O-])C=CC(Cl)=CC1.[Na+].[Na+]. The summed E-state index contributed by atoms with van der Waals surface area (Å²) in [6, 6.07) is 2.63. The fourth-order valence-electron chi connectivity index (χ4n) is 2.15. The molecule has 1 aromatic carbocycles. The molecule has 0 radical (unpaired) electrons. The van der Waals surface area contributed by atoms with Gasteiger partial charge in [0, 0.05) is 10.6 Å². The first-order chi connectivity index (χ1) is 10.9. The molecule has 0 bridgehead atoms. The molecule has 7 nitrogen and oxygen atoms in total. The molecule has 1 unspecified atom stereocenters.